The maximum absolute atomic E-state index is 12.3. The number of hydrogen-bond acceptors (Lipinski definition) is 3. The Kier molecular flexibility index (Phi) is 5.49. The monoisotopic (exact) mass is 268 g/mol. The van der Waals surface area contributed by atoms with Gasteiger partial charge in [0.2, 0.25) is 0 Å². The van der Waals surface area contributed by atoms with Gasteiger partial charge >= 0.3 is 6.09 Å². The number of ether oxygens (including phenoxy) is 1. The summed E-state index contributed by atoms with van der Waals surface area (Å²) in [6.07, 6.45) is 5.62. The Morgan fingerprint density at radius 1 is 1.21 bits per heavy atom. The number of nitrogens with zero attached hydrogens (tertiary/aromatic N) is 2. The van der Waals surface area contributed by atoms with Gasteiger partial charge < -0.3 is 9.64 Å². The molecule has 1 unspecified atom stereocenters. The van der Waals surface area contributed by atoms with E-state index in [9.17, 15) is 4.79 Å². The molecule has 3 saturated heterocycles. The van der Waals surface area contributed by atoms with E-state index in [-0.39, 0.29) is 12.2 Å². The van der Waals surface area contributed by atoms with Crippen LogP contribution in [0.4, 0.5) is 4.79 Å². The van der Waals surface area contributed by atoms with Gasteiger partial charge in [0.05, 0.1) is 0 Å². The second-order valence-corrected chi connectivity index (χ2v) is 5.90. The summed E-state index contributed by atoms with van der Waals surface area (Å²) in [6, 6.07) is 0. The highest BCUT2D eigenvalue weighted by Gasteiger charge is 2.37. The van der Waals surface area contributed by atoms with E-state index >= 15 is 0 Å². The maximum atomic E-state index is 12.3. The molecule has 3 fully saturated rings. The van der Waals surface area contributed by atoms with Gasteiger partial charge in [-0.05, 0) is 44.7 Å². The second kappa shape index (κ2) is 7.13. The van der Waals surface area contributed by atoms with E-state index < -0.39 is 0 Å². The van der Waals surface area contributed by atoms with Crippen molar-refractivity contribution in [2.75, 3.05) is 32.7 Å². The zero-order valence-corrected chi connectivity index (χ0v) is 12.4. The molecule has 0 aromatic carbocycles. The second-order valence-electron chi connectivity index (χ2n) is 5.90. The van der Waals surface area contributed by atoms with Crippen molar-refractivity contribution in [3.63, 3.8) is 0 Å². The minimum Gasteiger partial charge on any atom is -0.444 e. The van der Waals surface area contributed by atoms with E-state index in [1.165, 1.54) is 25.9 Å². The van der Waals surface area contributed by atoms with Gasteiger partial charge in [0, 0.05) is 19.6 Å². The molecule has 3 aliphatic rings. The van der Waals surface area contributed by atoms with Gasteiger partial charge in [-0.25, -0.2) is 4.79 Å². The lowest BCUT2D eigenvalue weighted by molar-refractivity contribution is -0.0437. The molecule has 4 nitrogen and oxygen atoms in total. The first-order chi connectivity index (χ1) is 9.24. The Hall–Kier alpha value is -0.770. The van der Waals surface area contributed by atoms with Crippen LogP contribution in [0.15, 0.2) is 0 Å². The standard InChI is InChI=1S/C15H28N2O2/c1-3-5-9-17(8-4-2)15(18)19-14-12-16-10-6-13(14)7-11-16/h13-14H,3-12H2,1-2H3. The maximum Gasteiger partial charge on any atom is 0.410 e. The van der Waals surface area contributed by atoms with Crippen LogP contribution >= 0.6 is 0 Å². The molecule has 1 amide bonds. The Morgan fingerprint density at radius 3 is 2.47 bits per heavy atom. The molecule has 1 atom stereocenters. The molecule has 0 aromatic heterocycles. The third kappa shape index (κ3) is 3.85. The van der Waals surface area contributed by atoms with Crippen molar-refractivity contribution in [1.29, 1.82) is 0 Å². The topological polar surface area (TPSA) is 32.8 Å². The molecule has 0 spiro atoms. The number of carbonyl (C=O) groups is 1. The highest BCUT2D eigenvalue weighted by Crippen LogP contribution is 2.29. The molecule has 3 aliphatic heterocycles. The molecular weight excluding hydrogens is 240 g/mol. The van der Waals surface area contributed by atoms with Crippen molar-refractivity contribution >= 4 is 6.09 Å². The van der Waals surface area contributed by atoms with Gasteiger partial charge in [0.25, 0.3) is 0 Å². The molecule has 0 radical (unpaired) electrons. The van der Waals surface area contributed by atoms with E-state index in [0.29, 0.717) is 5.92 Å². The van der Waals surface area contributed by atoms with Crippen LogP contribution in [0.2, 0.25) is 0 Å². The van der Waals surface area contributed by atoms with Crippen LogP contribution in [0.25, 0.3) is 0 Å². The van der Waals surface area contributed by atoms with Crippen molar-refractivity contribution in [2.24, 2.45) is 5.92 Å². The summed E-state index contributed by atoms with van der Waals surface area (Å²) in [5.41, 5.74) is 0. The highest BCUT2D eigenvalue weighted by molar-refractivity contribution is 5.67. The summed E-state index contributed by atoms with van der Waals surface area (Å²) >= 11 is 0. The fourth-order valence-corrected chi connectivity index (χ4v) is 3.16. The van der Waals surface area contributed by atoms with Crippen molar-refractivity contribution < 1.29 is 9.53 Å². The number of piperidine rings is 3. The summed E-state index contributed by atoms with van der Waals surface area (Å²) in [4.78, 5) is 16.6. The van der Waals surface area contributed by atoms with Crippen molar-refractivity contribution in [3.8, 4) is 0 Å². The summed E-state index contributed by atoms with van der Waals surface area (Å²) in [7, 11) is 0. The zero-order valence-electron chi connectivity index (χ0n) is 12.4. The number of amides is 1. The van der Waals surface area contributed by atoms with E-state index in [1.54, 1.807) is 0 Å². The predicted molar refractivity (Wildman–Crippen MR) is 76.2 cm³/mol. The van der Waals surface area contributed by atoms with Gasteiger partial charge in [-0.2, -0.15) is 0 Å². The van der Waals surface area contributed by atoms with Crippen molar-refractivity contribution in [2.45, 2.75) is 52.1 Å². The van der Waals surface area contributed by atoms with Crippen LogP contribution in [-0.4, -0.2) is 54.7 Å². The first-order valence-corrected chi connectivity index (χ1v) is 7.92. The highest BCUT2D eigenvalue weighted by atomic mass is 16.6. The number of unbranched alkanes of at least 4 members (excludes halogenated alkanes) is 1. The molecule has 3 rings (SSSR count). The lowest BCUT2D eigenvalue weighted by Gasteiger charge is -2.44. The number of fused-ring (bicyclic) bond motifs is 3. The smallest absolute Gasteiger partial charge is 0.410 e. The van der Waals surface area contributed by atoms with Gasteiger partial charge in [0.1, 0.15) is 6.10 Å². The molecule has 110 valence electrons. The lowest BCUT2D eigenvalue weighted by atomic mass is 9.86. The minimum absolute atomic E-state index is 0.0888. The third-order valence-corrected chi connectivity index (χ3v) is 4.38. The van der Waals surface area contributed by atoms with Crippen LogP contribution in [0, 0.1) is 5.92 Å². The largest absolute Gasteiger partial charge is 0.444 e. The van der Waals surface area contributed by atoms with E-state index in [4.69, 9.17) is 4.74 Å². The molecule has 4 heteroatoms. The SMILES string of the molecule is CCCCN(CCC)C(=O)OC1CN2CCC1CC2. The molecule has 19 heavy (non-hydrogen) atoms. The summed E-state index contributed by atoms with van der Waals surface area (Å²) < 4.78 is 5.78. The van der Waals surface area contributed by atoms with Crippen molar-refractivity contribution in [3.05, 3.63) is 0 Å². The summed E-state index contributed by atoms with van der Waals surface area (Å²) in [5, 5.41) is 0. The van der Waals surface area contributed by atoms with Gasteiger partial charge in [0.15, 0.2) is 0 Å². The third-order valence-electron chi connectivity index (χ3n) is 4.38. The molecular formula is C15H28N2O2. The average Bonchev–Trinajstić information content (AvgIpc) is 2.44. The Labute approximate surface area is 117 Å². The Balaban J connectivity index is 1.84. The quantitative estimate of drug-likeness (QED) is 0.742. The summed E-state index contributed by atoms with van der Waals surface area (Å²) in [5.74, 6) is 0.601. The van der Waals surface area contributed by atoms with Gasteiger partial charge in [-0.1, -0.05) is 20.3 Å². The van der Waals surface area contributed by atoms with Gasteiger partial charge in [-0.15, -0.1) is 0 Å². The van der Waals surface area contributed by atoms with Crippen LogP contribution < -0.4 is 0 Å². The summed E-state index contributed by atoms with van der Waals surface area (Å²) in [6.45, 7) is 9.25. The van der Waals surface area contributed by atoms with Gasteiger partial charge in [-0.3, -0.25) is 4.90 Å². The predicted octanol–water partition coefficient (Wildman–Crippen LogP) is 2.73. The first kappa shape index (κ1) is 14.6. The molecule has 2 bridgehead atoms. The number of carbonyl (C=O) groups excluding carboxylic acids is 1. The Bertz CT molecular complexity index is 288. The molecule has 3 heterocycles. The van der Waals surface area contributed by atoms with Crippen molar-refractivity contribution in [1.82, 2.24) is 9.80 Å². The molecule has 0 saturated carbocycles. The minimum atomic E-state index is -0.0888. The molecule has 0 aromatic rings. The average molecular weight is 268 g/mol. The Morgan fingerprint density at radius 2 is 1.95 bits per heavy atom. The fourth-order valence-electron chi connectivity index (χ4n) is 3.16. The van der Waals surface area contributed by atoms with Crippen LogP contribution in [-0.2, 0) is 4.74 Å². The van der Waals surface area contributed by atoms with Crippen LogP contribution in [0.5, 0.6) is 0 Å². The van der Waals surface area contributed by atoms with E-state index in [1.807, 2.05) is 4.90 Å². The molecule has 0 N–H and O–H groups in total. The molecule has 0 aliphatic carbocycles. The van der Waals surface area contributed by atoms with E-state index in [0.717, 1.165) is 38.9 Å². The van der Waals surface area contributed by atoms with Crippen LogP contribution in [0.1, 0.15) is 46.0 Å². The number of hydrogen-bond donors (Lipinski definition) is 0. The van der Waals surface area contributed by atoms with E-state index in [2.05, 4.69) is 18.7 Å². The normalized spacial score (nSPS) is 29.3. The number of rotatable bonds is 6. The first-order valence-electron chi connectivity index (χ1n) is 7.92. The lowest BCUT2D eigenvalue weighted by Crippen LogP contribution is -2.53. The van der Waals surface area contributed by atoms with Crippen LogP contribution in [0.3, 0.4) is 0 Å². The zero-order chi connectivity index (χ0) is 13.7. The fraction of sp³-hybridized carbons (Fsp3) is 0.933.